The number of fused-ring (bicyclic) bond motifs is 1. The second kappa shape index (κ2) is 4.71. The third kappa shape index (κ3) is 1.98. The van der Waals surface area contributed by atoms with E-state index in [1.807, 2.05) is 36.4 Å². The summed E-state index contributed by atoms with van der Waals surface area (Å²) in [4.78, 5) is 0.729. The molecule has 4 rings (SSSR count). The topological polar surface area (TPSA) is 65.5 Å². The van der Waals surface area contributed by atoms with Crippen molar-refractivity contribution in [3.8, 4) is 27.9 Å². The predicted molar refractivity (Wildman–Crippen MR) is 78.3 cm³/mol. The maximum Gasteiger partial charge on any atom is 0.235 e. The van der Waals surface area contributed by atoms with Crippen LogP contribution in [0.15, 0.2) is 47.1 Å². The minimum atomic E-state index is 0.603. The Morgan fingerprint density at radius 2 is 2.00 bits per heavy atom. The maximum atomic E-state index is 5.36. The molecular weight excluding hydrogens is 288 g/mol. The Labute approximate surface area is 123 Å². The molecule has 21 heavy (non-hydrogen) atoms. The van der Waals surface area contributed by atoms with Crippen LogP contribution in [0.25, 0.3) is 27.1 Å². The molecule has 0 unspecified atom stereocenters. The van der Waals surface area contributed by atoms with Gasteiger partial charge >= 0.3 is 0 Å². The Hall–Kier alpha value is -2.67. The summed E-state index contributed by atoms with van der Waals surface area (Å²) in [6.45, 7) is 0. The number of hydrogen-bond acceptors (Lipinski definition) is 6. The van der Waals surface area contributed by atoms with Crippen molar-refractivity contribution in [2.24, 2.45) is 0 Å². The standard InChI is InChI=1S/C14H10N4O2S/c1-19-10-6-4-9(5-7-10)13-17-18-12(11-3-2-8-20-11)15-16-14(18)21-13/h2-8H,1H3. The first kappa shape index (κ1) is 12.1. The summed E-state index contributed by atoms with van der Waals surface area (Å²) in [5.41, 5.74) is 1.01. The normalized spacial score (nSPS) is 11.1. The number of furan rings is 1. The Balaban J connectivity index is 1.80. The van der Waals surface area contributed by atoms with Gasteiger partial charge in [-0.2, -0.15) is 9.61 Å². The molecule has 104 valence electrons. The number of rotatable bonds is 3. The van der Waals surface area contributed by atoms with Gasteiger partial charge in [-0.15, -0.1) is 10.2 Å². The number of benzene rings is 1. The van der Waals surface area contributed by atoms with Crippen molar-refractivity contribution in [2.75, 3.05) is 7.11 Å². The molecule has 0 saturated heterocycles. The predicted octanol–water partition coefficient (Wildman–Crippen LogP) is 3.12. The number of aromatic nitrogens is 4. The van der Waals surface area contributed by atoms with Gasteiger partial charge in [0.15, 0.2) is 5.76 Å². The zero-order chi connectivity index (χ0) is 14.2. The smallest absolute Gasteiger partial charge is 0.235 e. The van der Waals surface area contributed by atoms with Gasteiger partial charge in [-0.3, -0.25) is 0 Å². The van der Waals surface area contributed by atoms with Crippen molar-refractivity contribution < 1.29 is 9.15 Å². The molecule has 3 aromatic heterocycles. The number of methoxy groups -OCH3 is 1. The van der Waals surface area contributed by atoms with E-state index in [1.54, 1.807) is 17.9 Å². The number of ether oxygens (including phenoxy) is 1. The minimum Gasteiger partial charge on any atom is -0.497 e. The summed E-state index contributed by atoms with van der Waals surface area (Å²) in [5.74, 6) is 2.07. The second-order valence-electron chi connectivity index (χ2n) is 4.33. The van der Waals surface area contributed by atoms with E-state index in [0.717, 1.165) is 21.3 Å². The second-order valence-corrected chi connectivity index (χ2v) is 5.29. The van der Waals surface area contributed by atoms with Crippen LogP contribution in [-0.4, -0.2) is 26.9 Å². The Kier molecular flexibility index (Phi) is 2.71. The van der Waals surface area contributed by atoms with Crippen LogP contribution in [0.4, 0.5) is 0 Å². The van der Waals surface area contributed by atoms with E-state index in [2.05, 4.69) is 15.3 Å². The molecule has 3 heterocycles. The zero-order valence-electron chi connectivity index (χ0n) is 11.1. The molecule has 6 nitrogen and oxygen atoms in total. The largest absolute Gasteiger partial charge is 0.497 e. The molecule has 7 heteroatoms. The van der Waals surface area contributed by atoms with Gasteiger partial charge in [-0.05, 0) is 36.4 Å². The lowest BCUT2D eigenvalue weighted by atomic mass is 10.2. The molecule has 1 aromatic carbocycles. The fourth-order valence-corrected chi connectivity index (χ4v) is 2.87. The third-order valence-corrected chi connectivity index (χ3v) is 4.02. The monoisotopic (exact) mass is 298 g/mol. The molecule has 0 N–H and O–H groups in total. The van der Waals surface area contributed by atoms with Crippen LogP contribution in [0.1, 0.15) is 0 Å². The average molecular weight is 298 g/mol. The lowest BCUT2D eigenvalue weighted by Gasteiger charge is -1.99. The van der Waals surface area contributed by atoms with Crippen LogP contribution in [0.5, 0.6) is 5.75 Å². The summed E-state index contributed by atoms with van der Waals surface area (Å²) in [6, 6.07) is 11.4. The Morgan fingerprint density at radius 3 is 2.71 bits per heavy atom. The average Bonchev–Trinajstić information content (AvgIpc) is 3.23. The van der Waals surface area contributed by atoms with Gasteiger partial charge in [-0.25, -0.2) is 0 Å². The first-order valence-corrected chi connectivity index (χ1v) is 7.07. The molecule has 0 amide bonds. The molecule has 0 bridgehead atoms. The maximum absolute atomic E-state index is 5.36. The van der Waals surface area contributed by atoms with Gasteiger partial charge in [-0.1, -0.05) is 11.3 Å². The number of nitrogens with zero attached hydrogens (tertiary/aromatic N) is 4. The molecule has 0 saturated carbocycles. The highest BCUT2D eigenvalue weighted by molar-refractivity contribution is 7.19. The van der Waals surface area contributed by atoms with E-state index in [1.165, 1.54) is 11.3 Å². The van der Waals surface area contributed by atoms with Crippen molar-refractivity contribution in [1.29, 1.82) is 0 Å². The van der Waals surface area contributed by atoms with Crippen LogP contribution in [0.3, 0.4) is 0 Å². The molecule has 0 atom stereocenters. The summed E-state index contributed by atoms with van der Waals surface area (Å²) in [7, 11) is 1.65. The molecule has 0 fully saturated rings. The minimum absolute atomic E-state index is 0.603. The lowest BCUT2D eigenvalue weighted by molar-refractivity contribution is 0.415. The Bertz CT molecular complexity index is 878. The van der Waals surface area contributed by atoms with Crippen molar-refractivity contribution in [2.45, 2.75) is 0 Å². The molecule has 4 aromatic rings. The van der Waals surface area contributed by atoms with Crippen LogP contribution >= 0.6 is 11.3 Å². The van der Waals surface area contributed by atoms with Gasteiger partial charge in [0.2, 0.25) is 10.8 Å². The van der Waals surface area contributed by atoms with Crippen molar-refractivity contribution >= 4 is 16.3 Å². The van der Waals surface area contributed by atoms with Crippen LogP contribution in [-0.2, 0) is 0 Å². The van der Waals surface area contributed by atoms with E-state index >= 15 is 0 Å². The number of hydrogen-bond donors (Lipinski definition) is 0. The van der Waals surface area contributed by atoms with Crippen molar-refractivity contribution in [3.05, 3.63) is 42.7 Å². The van der Waals surface area contributed by atoms with Gasteiger partial charge in [0.1, 0.15) is 10.8 Å². The molecule has 0 spiro atoms. The fraction of sp³-hybridized carbons (Fsp3) is 0.0714. The van der Waals surface area contributed by atoms with Crippen LogP contribution in [0.2, 0.25) is 0 Å². The van der Waals surface area contributed by atoms with E-state index in [-0.39, 0.29) is 0 Å². The van der Waals surface area contributed by atoms with Crippen molar-refractivity contribution in [1.82, 2.24) is 19.8 Å². The highest BCUT2D eigenvalue weighted by atomic mass is 32.1. The first-order chi connectivity index (χ1) is 10.3. The zero-order valence-corrected chi connectivity index (χ0v) is 11.9. The molecule has 0 radical (unpaired) electrons. The van der Waals surface area contributed by atoms with Crippen molar-refractivity contribution in [3.63, 3.8) is 0 Å². The fourth-order valence-electron chi connectivity index (χ4n) is 2.03. The third-order valence-electron chi connectivity index (χ3n) is 3.07. The van der Waals surface area contributed by atoms with Crippen LogP contribution < -0.4 is 4.74 Å². The van der Waals surface area contributed by atoms with Gasteiger partial charge in [0.25, 0.3) is 0 Å². The van der Waals surface area contributed by atoms with E-state index in [9.17, 15) is 0 Å². The quantitative estimate of drug-likeness (QED) is 0.581. The summed E-state index contributed by atoms with van der Waals surface area (Å²) < 4.78 is 12.2. The highest BCUT2D eigenvalue weighted by Crippen LogP contribution is 2.29. The SMILES string of the molecule is COc1ccc(-c2nn3c(-c4ccco4)nnc3s2)cc1. The summed E-state index contributed by atoms with van der Waals surface area (Å²) in [6.07, 6.45) is 1.60. The van der Waals surface area contributed by atoms with Gasteiger partial charge in [0, 0.05) is 5.56 Å². The van der Waals surface area contributed by atoms with Gasteiger partial charge in [0.05, 0.1) is 13.4 Å². The first-order valence-electron chi connectivity index (χ1n) is 6.26. The molecular formula is C14H10N4O2S. The summed E-state index contributed by atoms with van der Waals surface area (Å²) >= 11 is 1.48. The Morgan fingerprint density at radius 1 is 1.14 bits per heavy atom. The molecule has 0 aliphatic rings. The summed E-state index contributed by atoms with van der Waals surface area (Å²) in [5, 5.41) is 13.7. The molecule has 0 aliphatic carbocycles. The van der Waals surface area contributed by atoms with Gasteiger partial charge < -0.3 is 9.15 Å². The van der Waals surface area contributed by atoms with E-state index in [4.69, 9.17) is 9.15 Å². The van der Waals surface area contributed by atoms with E-state index < -0.39 is 0 Å². The highest BCUT2D eigenvalue weighted by Gasteiger charge is 2.15. The van der Waals surface area contributed by atoms with E-state index in [0.29, 0.717) is 11.6 Å². The van der Waals surface area contributed by atoms with Crippen LogP contribution in [0, 0.1) is 0 Å². The molecule has 0 aliphatic heterocycles. The lowest BCUT2D eigenvalue weighted by Crippen LogP contribution is -1.89.